The Balaban J connectivity index is 1.21. The molecular weight excluding hydrogens is 644 g/mol. The van der Waals surface area contributed by atoms with Gasteiger partial charge in [0.2, 0.25) is 22.9 Å². The van der Waals surface area contributed by atoms with Crippen molar-refractivity contribution in [2.24, 2.45) is 0 Å². The van der Waals surface area contributed by atoms with Gasteiger partial charge in [0.25, 0.3) is 0 Å². The summed E-state index contributed by atoms with van der Waals surface area (Å²) < 4.78 is 14.8. The van der Waals surface area contributed by atoms with Crippen LogP contribution in [0.1, 0.15) is 22.3 Å². The number of benzene rings is 4. The number of nitrogens with one attached hydrogen (secondary N) is 4. The van der Waals surface area contributed by atoms with Crippen molar-refractivity contribution < 1.29 is 28.7 Å². The molecule has 0 fully saturated rings. The minimum atomic E-state index is -1.02. The summed E-state index contributed by atoms with van der Waals surface area (Å²) in [5.41, 5.74) is 3.23. The number of alkyl carbamates (subject to hydrolysis) is 2. The molecule has 4 N–H and O–H groups in total. The lowest BCUT2D eigenvalue weighted by atomic mass is 10.1. The van der Waals surface area contributed by atoms with E-state index < -0.39 is 36.1 Å². The van der Waals surface area contributed by atoms with E-state index in [9.17, 15) is 19.2 Å². The maximum absolute atomic E-state index is 13.4. The molecule has 0 radical (unpaired) electrons. The fourth-order valence-corrected chi connectivity index (χ4v) is 5.18. The van der Waals surface area contributed by atoms with Crippen LogP contribution in [0.3, 0.4) is 0 Å². The number of nitrogens with zero attached hydrogens (tertiary/aromatic N) is 2. The van der Waals surface area contributed by atoms with Gasteiger partial charge in [-0.25, -0.2) is 9.59 Å². The van der Waals surface area contributed by atoms with Crippen molar-refractivity contribution in [1.29, 1.82) is 0 Å². The molecule has 12 nitrogen and oxygen atoms in total. The highest BCUT2D eigenvalue weighted by molar-refractivity contribution is 7.10. The summed E-state index contributed by atoms with van der Waals surface area (Å²) in [6.07, 6.45) is -1.17. The smallest absolute Gasteiger partial charge is 0.408 e. The van der Waals surface area contributed by atoms with Crippen LogP contribution in [-0.2, 0) is 45.1 Å². The van der Waals surface area contributed by atoms with Gasteiger partial charge in [-0.05, 0) is 22.3 Å². The Kier molecular flexibility index (Phi) is 12.4. The first-order valence-corrected chi connectivity index (χ1v) is 16.2. The average molecular weight is 679 g/mol. The third-order valence-corrected chi connectivity index (χ3v) is 7.73. The van der Waals surface area contributed by atoms with E-state index in [2.05, 4.69) is 30.6 Å². The fraction of sp³-hybridized carbons (Fsp3) is 0.167. The van der Waals surface area contributed by atoms with Gasteiger partial charge in [-0.1, -0.05) is 121 Å². The quantitative estimate of drug-likeness (QED) is 0.120. The molecule has 0 aliphatic carbocycles. The van der Waals surface area contributed by atoms with E-state index in [0.717, 1.165) is 33.8 Å². The zero-order valence-corrected chi connectivity index (χ0v) is 27.1. The summed E-state index contributed by atoms with van der Waals surface area (Å²) in [5.74, 6) is -1.21. The first kappa shape index (κ1) is 34.3. The van der Waals surface area contributed by atoms with Crippen LogP contribution in [-0.4, -0.2) is 45.4 Å². The second-order valence-corrected chi connectivity index (χ2v) is 11.6. The first-order valence-electron chi connectivity index (χ1n) is 15.4. The molecule has 0 spiro atoms. The normalized spacial score (nSPS) is 11.8. The van der Waals surface area contributed by atoms with Crippen molar-refractivity contribution in [1.82, 2.24) is 20.0 Å². The van der Waals surface area contributed by atoms with Crippen LogP contribution in [0, 0.1) is 0 Å². The Morgan fingerprint density at radius 1 is 0.551 bits per heavy atom. The maximum atomic E-state index is 13.4. The number of hydrogen-bond donors (Lipinski definition) is 4. The third-order valence-electron chi connectivity index (χ3n) is 7.10. The van der Waals surface area contributed by atoms with E-state index in [1.165, 1.54) is 0 Å². The van der Waals surface area contributed by atoms with Gasteiger partial charge < -0.3 is 20.1 Å². The molecule has 0 saturated heterocycles. The highest BCUT2D eigenvalue weighted by Crippen LogP contribution is 2.17. The minimum Gasteiger partial charge on any atom is -0.445 e. The number of carbonyl (C=O) groups is 4. The number of ether oxygens (including phenoxy) is 2. The van der Waals surface area contributed by atoms with Crippen molar-refractivity contribution in [3.05, 3.63) is 144 Å². The molecule has 5 rings (SSSR count). The van der Waals surface area contributed by atoms with Gasteiger partial charge in [-0.2, -0.15) is 9.36 Å². The lowest BCUT2D eigenvalue weighted by molar-refractivity contribution is -0.118. The Morgan fingerprint density at radius 3 is 1.37 bits per heavy atom. The van der Waals surface area contributed by atoms with Crippen LogP contribution in [0.15, 0.2) is 121 Å². The lowest BCUT2D eigenvalue weighted by Gasteiger charge is -2.18. The number of carbonyl (C=O) groups excluding carboxylic acids is 4. The predicted octanol–water partition coefficient (Wildman–Crippen LogP) is 5.49. The standard InChI is InChI=1S/C36H34N6O6S/c43-31(29(21-25-13-5-1-6-14-25)37-35(45)47-23-27-17-9-3-10-18-27)39-33-41-34(49-42-33)40-32(44)30(22-26-15-7-2-8-16-26)38-36(46)48-24-28-19-11-4-12-20-28/h1-20,29-30H,21-24H2,(H,37,45)(H,38,46)(H2,39,40,41,42,43,44)/t29-,30-/m0/s1. The number of amides is 4. The molecule has 1 heterocycles. The SMILES string of the molecule is O=C(N[C@@H](Cc1ccccc1)C(=O)Nc1nsc(NC(=O)[C@H](Cc2ccccc2)NC(=O)OCc2ccccc2)n1)OCc1ccccc1. The van der Waals surface area contributed by atoms with Crippen molar-refractivity contribution in [3.63, 3.8) is 0 Å². The monoisotopic (exact) mass is 678 g/mol. The molecule has 4 aromatic carbocycles. The van der Waals surface area contributed by atoms with E-state index in [-0.39, 0.29) is 37.1 Å². The van der Waals surface area contributed by atoms with Crippen LogP contribution in [0.5, 0.6) is 0 Å². The number of anilines is 2. The summed E-state index contributed by atoms with van der Waals surface area (Å²) in [7, 11) is 0. The summed E-state index contributed by atoms with van der Waals surface area (Å²) in [6, 6.07) is 34.7. The summed E-state index contributed by atoms with van der Waals surface area (Å²) >= 11 is 0.842. The Morgan fingerprint density at radius 2 is 0.939 bits per heavy atom. The van der Waals surface area contributed by atoms with Crippen molar-refractivity contribution in [2.75, 3.05) is 10.6 Å². The zero-order valence-electron chi connectivity index (χ0n) is 26.3. The topological polar surface area (TPSA) is 161 Å². The summed E-state index contributed by atoms with van der Waals surface area (Å²) in [6.45, 7) is 0.0740. The van der Waals surface area contributed by atoms with Gasteiger partial charge in [0, 0.05) is 24.4 Å². The van der Waals surface area contributed by atoms with Crippen LogP contribution < -0.4 is 21.3 Å². The third kappa shape index (κ3) is 11.3. The second-order valence-electron chi connectivity index (χ2n) is 10.8. The van der Waals surface area contributed by atoms with Gasteiger partial charge >= 0.3 is 12.2 Å². The van der Waals surface area contributed by atoms with Gasteiger partial charge in [-0.3, -0.25) is 20.2 Å². The fourth-order valence-electron chi connectivity index (χ4n) is 4.65. The van der Waals surface area contributed by atoms with Crippen LogP contribution in [0.2, 0.25) is 0 Å². The van der Waals surface area contributed by atoms with Gasteiger partial charge in [0.05, 0.1) is 0 Å². The van der Waals surface area contributed by atoms with Crippen LogP contribution in [0.4, 0.5) is 20.7 Å². The summed E-state index contributed by atoms with van der Waals surface area (Å²) in [4.78, 5) is 56.3. The predicted molar refractivity (Wildman–Crippen MR) is 185 cm³/mol. The number of aromatic nitrogens is 2. The van der Waals surface area contributed by atoms with Gasteiger partial charge in [0.1, 0.15) is 25.3 Å². The molecule has 13 heteroatoms. The first-order chi connectivity index (χ1) is 23.9. The van der Waals surface area contributed by atoms with E-state index in [4.69, 9.17) is 9.47 Å². The van der Waals surface area contributed by atoms with Crippen molar-refractivity contribution in [2.45, 2.75) is 38.1 Å². The molecule has 0 unspecified atom stereocenters. The van der Waals surface area contributed by atoms with Gasteiger partial charge in [0.15, 0.2) is 0 Å². The largest absolute Gasteiger partial charge is 0.445 e. The molecule has 5 aromatic rings. The molecule has 2 atom stereocenters. The Bertz CT molecular complexity index is 1680. The molecule has 0 bridgehead atoms. The maximum Gasteiger partial charge on any atom is 0.408 e. The van der Waals surface area contributed by atoms with E-state index in [1.54, 1.807) is 0 Å². The average Bonchev–Trinajstić information content (AvgIpc) is 3.57. The summed E-state index contributed by atoms with van der Waals surface area (Å²) in [5, 5.41) is 10.6. The molecule has 49 heavy (non-hydrogen) atoms. The van der Waals surface area contributed by atoms with Crippen LogP contribution in [0.25, 0.3) is 0 Å². The molecule has 250 valence electrons. The highest BCUT2D eigenvalue weighted by Gasteiger charge is 2.26. The Labute approximate surface area is 287 Å². The second kappa shape index (κ2) is 17.7. The number of rotatable bonds is 14. The van der Waals surface area contributed by atoms with E-state index >= 15 is 0 Å². The molecule has 0 aliphatic heterocycles. The molecule has 0 saturated carbocycles. The molecule has 4 amide bonds. The van der Waals surface area contributed by atoms with Crippen molar-refractivity contribution in [3.8, 4) is 0 Å². The molecular formula is C36H34N6O6S. The molecule has 0 aliphatic rings. The highest BCUT2D eigenvalue weighted by atomic mass is 32.1. The minimum absolute atomic E-state index is 0.0356. The molecule has 1 aromatic heterocycles. The van der Waals surface area contributed by atoms with E-state index in [0.29, 0.717) is 0 Å². The Hall–Kier alpha value is -6.08. The van der Waals surface area contributed by atoms with Gasteiger partial charge in [-0.15, -0.1) is 0 Å². The van der Waals surface area contributed by atoms with Crippen LogP contribution >= 0.6 is 11.5 Å². The van der Waals surface area contributed by atoms with Crippen molar-refractivity contribution >= 4 is 46.6 Å². The van der Waals surface area contributed by atoms with E-state index in [1.807, 2.05) is 121 Å². The number of hydrogen-bond acceptors (Lipinski definition) is 9. The zero-order chi connectivity index (χ0) is 34.3. The lowest BCUT2D eigenvalue weighted by Crippen LogP contribution is -2.45.